The van der Waals surface area contributed by atoms with Gasteiger partial charge in [0.1, 0.15) is 11.6 Å². The highest BCUT2D eigenvalue weighted by atomic mass is 19.4. The van der Waals surface area contributed by atoms with Gasteiger partial charge < -0.3 is 0 Å². The minimum Gasteiger partial charge on any atom is -0.206 e. The van der Waals surface area contributed by atoms with Gasteiger partial charge in [0.05, 0.1) is 0 Å². The fraction of sp³-hybridized carbons (Fsp3) is 0.200. The van der Waals surface area contributed by atoms with Crippen molar-refractivity contribution in [2.75, 3.05) is 0 Å². The van der Waals surface area contributed by atoms with Crippen LogP contribution in [0, 0.1) is 11.6 Å². The van der Waals surface area contributed by atoms with Gasteiger partial charge in [-0.1, -0.05) is 61.9 Å². The smallest absolute Gasteiger partial charge is 0.206 e. The lowest BCUT2D eigenvalue weighted by Crippen LogP contribution is -2.01. The average molecular weight is 416 g/mol. The molecule has 0 spiro atoms. The van der Waals surface area contributed by atoms with Crippen LogP contribution in [0.4, 0.5) is 22.0 Å². The Kier molecular flexibility index (Phi) is 6.70. The van der Waals surface area contributed by atoms with Crippen molar-refractivity contribution in [1.29, 1.82) is 0 Å². The van der Waals surface area contributed by atoms with E-state index in [1.807, 2.05) is 24.3 Å². The molecule has 0 aliphatic carbocycles. The van der Waals surface area contributed by atoms with E-state index in [2.05, 4.69) is 19.1 Å². The molecule has 0 radical (unpaired) electrons. The van der Waals surface area contributed by atoms with Crippen molar-refractivity contribution in [1.82, 2.24) is 0 Å². The van der Waals surface area contributed by atoms with Crippen LogP contribution in [0.1, 0.15) is 30.9 Å². The summed E-state index contributed by atoms with van der Waals surface area (Å²) in [5.41, 5.74) is 3.40. The lowest BCUT2D eigenvalue weighted by atomic mass is 9.98. The number of alkyl halides is 3. The summed E-state index contributed by atoms with van der Waals surface area (Å²) in [6, 6.07) is 17.5. The number of halogens is 5. The van der Waals surface area contributed by atoms with E-state index in [1.165, 1.54) is 5.56 Å². The minimum atomic E-state index is -4.64. The van der Waals surface area contributed by atoms with Crippen LogP contribution in [0.5, 0.6) is 0 Å². The molecule has 0 N–H and O–H groups in total. The maximum Gasteiger partial charge on any atom is 0.409 e. The zero-order valence-corrected chi connectivity index (χ0v) is 16.4. The number of benzene rings is 3. The molecule has 0 fully saturated rings. The predicted octanol–water partition coefficient (Wildman–Crippen LogP) is 8.22. The molecule has 3 rings (SSSR count). The second-order valence-corrected chi connectivity index (χ2v) is 7.11. The van der Waals surface area contributed by atoms with Crippen molar-refractivity contribution in [2.45, 2.75) is 32.4 Å². The van der Waals surface area contributed by atoms with E-state index >= 15 is 0 Å². The number of hydrogen-bond donors (Lipinski definition) is 0. The highest BCUT2D eigenvalue weighted by molar-refractivity contribution is 5.71. The summed E-state index contributed by atoms with van der Waals surface area (Å²) in [7, 11) is 0. The molecule has 0 saturated carbocycles. The van der Waals surface area contributed by atoms with Gasteiger partial charge in [-0.25, -0.2) is 8.78 Å². The Bertz CT molecular complexity index is 990. The monoisotopic (exact) mass is 416 g/mol. The van der Waals surface area contributed by atoms with Gasteiger partial charge in [0.15, 0.2) is 0 Å². The molecule has 0 atom stereocenters. The van der Waals surface area contributed by atoms with E-state index in [1.54, 1.807) is 12.1 Å². The van der Waals surface area contributed by atoms with Crippen LogP contribution in [-0.2, 0) is 6.42 Å². The molecule has 0 saturated heterocycles. The Hall–Kier alpha value is -2.95. The second kappa shape index (κ2) is 9.24. The van der Waals surface area contributed by atoms with Gasteiger partial charge >= 0.3 is 6.18 Å². The van der Waals surface area contributed by atoms with Crippen LogP contribution in [0.25, 0.3) is 28.3 Å². The topological polar surface area (TPSA) is 0 Å². The SMILES string of the molecule is CCCCc1ccc(-c2ccc(-c3cc(F)c(C=CC(F)(F)F)c(F)c3)cc2)cc1. The zero-order chi connectivity index (χ0) is 21.7. The van der Waals surface area contributed by atoms with Gasteiger partial charge in [0.2, 0.25) is 0 Å². The van der Waals surface area contributed by atoms with E-state index in [-0.39, 0.29) is 11.6 Å². The summed E-state index contributed by atoms with van der Waals surface area (Å²) in [6.07, 6.45) is -1.09. The van der Waals surface area contributed by atoms with Crippen LogP contribution >= 0.6 is 0 Å². The molecule has 156 valence electrons. The Morgan fingerprint density at radius 2 is 1.20 bits per heavy atom. The van der Waals surface area contributed by atoms with Crippen LogP contribution in [0.3, 0.4) is 0 Å². The molecule has 0 nitrogen and oxygen atoms in total. The molecule has 3 aromatic rings. The molecule has 30 heavy (non-hydrogen) atoms. The van der Waals surface area contributed by atoms with E-state index in [0.717, 1.165) is 42.5 Å². The zero-order valence-electron chi connectivity index (χ0n) is 16.4. The Balaban J connectivity index is 1.81. The third-order valence-corrected chi connectivity index (χ3v) is 4.84. The van der Waals surface area contributed by atoms with E-state index < -0.39 is 23.4 Å². The second-order valence-electron chi connectivity index (χ2n) is 7.11. The lowest BCUT2D eigenvalue weighted by Gasteiger charge is -2.08. The van der Waals surface area contributed by atoms with Gasteiger partial charge in [-0.2, -0.15) is 13.2 Å². The molecular weight excluding hydrogens is 395 g/mol. The van der Waals surface area contributed by atoms with Crippen molar-refractivity contribution < 1.29 is 22.0 Å². The Morgan fingerprint density at radius 3 is 1.67 bits per heavy atom. The summed E-state index contributed by atoms with van der Waals surface area (Å²) >= 11 is 0. The first kappa shape index (κ1) is 21.8. The Morgan fingerprint density at radius 1 is 0.733 bits per heavy atom. The largest absolute Gasteiger partial charge is 0.409 e. The molecule has 0 bridgehead atoms. The molecule has 3 aromatic carbocycles. The third-order valence-electron chi connectivity index (χ3n) is 4.84. The molecule has 0 aliphatic rings. The van der Waals surface area contributed by atoms with E-state index in [4.69, 9.17) is 0 Å². The average Bonchev–Trinajstić information content (AvgIpc) is 2.71. The van der Waals surface area contributed by atoms with Crippen molar-refractivity contribution in [3.63, 3.8) is 0 Å². The van der Waals surface area contributed by atoms with E-state index in [0.29, 0.717) is 11.6 Å². The lowest BCUT2D eigenvalue weighted by molar-refractivity contribution is -0.0790. The first-order valence-corrected chi connectivity index (χ1v) is 9.71. The maximum atomic E-state index is 14.2. The molecule has 0 heterocycles. The third kappa shape index (κ3) is 5.56. The number of unbranched alkanes of at least 4 members (excludes halogenated alkanes) is 1. The summed E-state index contributed by atoms with van der Waals surface area (Å²) in [5, 5.41) is 0. The summed E-state index contributed by atoms with van der Waals surface area (Å²) in [6.45, 7) is 2.15. The van der Waals surface area contributed by atoms with Gasteiger partial charge in [0, 0.05) is 11.6 Å². The highest BCUT2D eigenvalue weighted by Gasteiger charge is 2.23. The molecule has 0 amide bonds. The van der Waals surface area contributed by atoms with Crippen molar-refractivity contribution >= 4 is 6.08 Å². The number of aryl methyl sites for hydroxylation is 1. The molecule has 0 unspecified atom stereocenters. The number of hydrogen-bond acceptors (Lipinski definition) is 0. The van der Waals surface area contributed by atoms with Gasteiger partial charge in [-0.05, 0) is 58.9 Å². The standard InChI is InChI=1S/C25H21F5/c1-2-3-4-17-5-7-18(8-6-17)19-9-11-20(12-10-19)21-15-23(26)22(24(27)16-21)13-14-25(28,29)30/h5-16H,2-4H2,1H3. The quantitative estimate of drug-likeness (QED) is 0.355. The maximum absolute atomic E-state index is 14.2. The fourth-order valence-electron chi connectivity index (χ4n) is 3.19. The molecule has 5 heteroatoms. The number of allylic oxidation sites excluding steroid dienone is 1. The van der Waals surface area contributed by atoms with Crippen LogP contribution in [0.15, 0.2) is 66.7 Å². The van der Waals surface area contributed by atoms with Gasteiger partial charge in [0.25, 0.3) is 0 Å². The first-order chi connectivity index (χ1) is 14.3. The molecule has 0 aromatic heterocycles. The summed E-state index contributed by atoms with van der Waals surface area (Å²) in [4.78, 5) is 0. The van der Waals surface area contributed by atoms with Crippen molar-refractivity contribution in [3.8, 4) is 22.3 Å². The fourth-order valence-corrected chi connectivity index (χ4v) is 3.19. The van der Waals surface area contributed by atoms with Crippen LogP contribution in [0.2, 0.25) is 0 Å². The van der Waals surface area contributed by atoms with Crippen LogP contribution < -0.4 is 0 Å². The van der Waals surface area contributed by atoms with Crippen molar-refractivity contribution in [2.24, 2.45) is 0 Å². The number of rotatable bonds is 6. The highest BCUT2D eigenvalue weighted by Crippen LogP contribution is 2.29. The summed E-state index contributed by atoms with van der Waals surface area (Å²) < 4.78 is 65.2. The van der Waals surface area contributed by atoms with Gasteiger partial charge in [-0.15, -0.1) is 0 Å². The molecule has 0 aliphatic heterocycles. The molecular formula is C25H21F5. The minimum absolute atomic E-state index is 0.184. The Labute approximate surface area is 172 Å². The first-order valence-electron chi connectivity index (χ1n) is 9.71. The normalized spacial score (nSPS) is 11.9. The van der Waals surface area contributed by atoms with Gasteiger partial charge in [-0.3, -0.25) is 0 Å². The van der Waals surface area contributed by atoms with Crippen LogP contribution in [-0.4, -0.2) is 6.18 Å². The van der Waals surface area contributed by atoms with Crippen molar-refractivity contribution in [3.05, 3.63) is 89.5 Å². The predicted molar refractivity (Wildman–Crippen MR) is 111 cm³/mol. The summed E-state index contributed by atoms with van der Waals surface area (Å²) in [5.74, 6) is -2.09. The van der Waals surface area contributed by atoms with E-state index in [9.17, 15) is 22.0 Å².